The molecule has 0 saturated heterocycles. The number of H-pyrrole nitrogens is 1. The smallest absolute Gasteiger partial charge is 0.223 e. The number of anilines is 1. The van der Waals surface area contributed by atoms with Crippen LogP contribution in [0.3, 0.4) is 0 Å². The largest absolute Gasteiger partial charge is 0.350 e. The number of rotatable bonds is 4. The molecule has 0 unspecified atom stereocenters. The van der Waals surface area contributed by atoms with Crippen molar-refractivity contribution in [1.29, 1.82) is 0 Å². The Labute approximate surface area is 132 Å². The molecule has 0 bridgehead atoms. The normalized spacial score (nSPS) is 10.8. The highest BCUT2D eigenvalue weighted by atomic mass is 15.1. The van der Waals surface area contributed by atoms with Gasteiger partial charge in [-0.25, -0.2) is 15.0 Å². The number of aromatic nitrogens is 5. The van der Waals surface area contributed by atoms with Crippen molar-refractivity contribution in [2.75, 3.05) is 5.32 Å². The Balaban J connectivity index is 1.61. The van der Waals surface area contributed by atoms with Crippen molar-refractivity contribution in [3.05, 3.63) is 66.9 Å². The van der Waals surface area contributed by atoms with Gasteiger partial charge in [0.05, 0.1) is 5.69 Å². The Hall–Kier alpha value is -3.28. The summed E-state index contributed by atoms with van der Waals surface area (Å²) in [4.78, 5) is 20.4. The van der Waals surface area contributed by atoms with Gasteiger partial charge in [-0.05, 0) is 35.9 Å². The van der Waals surface area contributed by atoms with E-state index in [1.54, 1.807) is 24.8 Å². The zero-order valence-electron chi connectivity index (χ0n) is 12.3. The van der Waals surface area contributed by atoms with E-state index in [1.165, 1.54) is 0 Å². The maximum Gasteiger partial charge on any atom is 0.223 e. The molecule has 4 rings (SSSR count). The summed E-state index contributed by atoms with van der Waals surface area (Å²) in [6.07, 6.45) is 8.99. The molecule has 0 aromatic carbocycles. The molecule has 6 heteroatoms. The molecule has 0 saturated carbocycles. The Morgan fingerprint density at radius 2 is 1.87 bits per heavy atom. The van der Waals surface area contributed by atoms with Crippen LogP contribution in [0.1, 0.15) is 5.56 Å². The molecule has 0 atom stereocenters. The van der Waals surface area contributed by atoms with E-state index < -0.39 is 0 Å². The third kappa shape index (κ3) is 2.74. The van der Waals surface area contributed by atoms with E-state index in [-0.39, 0.29) is 0 Å². The number of nitrogens with zero attached hydrogens (tertiary/aromatic N) is 4. The van der Waals surface area contributed by atoms with E-state index >= 15 is 0 Å². The molecule has 0 aliphatic carbocycles. The summed E-state index contributed by atoms with van der Waals surface area (Å²) in [6, 6.07) is 9.77. The fraction of sp³-hybridized carbons (Fsp3) is 0.0588. The monoisotopic (exact) mass is 302 g/mol. The fourth-order valence-corrected chi connectivity index (χ4v) is 2.44. The average molecular weight is 302 g/mol. The minimum absolute atomic E-state index is 0.595. The topological polar surface area (TPSA) is 79.4 Å². The van der Waals surface area contributed by atoms with Crippen LogP contribution in [0.15, 0.2) is 61.3 Å². The number of hydrogen-bond donors (Lipinski definition) is 2. The van der Waals surface area contributed by atoms with Gasteiger partial charge in [0.2, 0.25) is 5.95 Å². The lowest BCUT2D eigenvalue weighted by molar-refractivity contribution is 1.05. The molecule has 23 heavy (non-hydrogen) atoms. The molecular formula is C17H14N6. The molecule has 0 aliphatic heterocycles. The fourth-order valence-electron chi connectivity index (χ4n) is 2.44. The Morgan fingerprint density at radius 3 is 2.78 bits per heavy atom. The predicted octanol–water partition coefficient (Wildman–Crippen LogP) is 3.03. The van der Waals surface area contributed by atoms with E-state index in [9.17, 15) is 0 Å². The maximum atomic E-state index is 4.59. The zero-order chi connectivity index (χ0) is 15.5. The van der Waals surface area contributed by atoms with Crippen LogP contribution in [0.2, 0.25) is 0 Å². The Kier molecular flexibility index (Phi) is 3.40. The van der Waals surface area contributed by atoms with Crippen LogP contribution < -0.4 is 5.32 Å². The van der Waals surface area contributed by atoms with Crippen LogP contribution >= 0.6 is 0 Å². The van der Waals surface area contributed by atoms with Gasteiger partial charge in [-0.3, -0.25) is 4.98 Å². The summed E-state index contributed by atoms with van der Waals surface area (Å²) in [6.45, 7) is 0.654. The number of pyridine rings is 2. The molecule has 112 valence electrons. The molecule has 0 fully saturated rings. The summed E-state index contributed by atoms with van der Waals surface area (Å²) >= 11 is 0. The Bertz CT molecular complexity index is 932. The van der Waals surface area contributed by atoms with Crippen LogP contribution in [0.5, 0.6) is 0 Å². The molecule has 4 aromatic heterocycles. The van der Waals surface area contributed by atoms with Crippen LogP contribution in [-0.2, 0) is 6.54 Å². The van der Waals surface area contributed by atoms with Gasteiger partial charge in [0.1, 0.15) is 5.65 Å². The summed E-state index contributed by atoms with van der Waals surface area (Å²) < 4.78 is 0. The van der Waals surface area contributed by atoms with Gasteiger partial charge >= 0.3 is 0 Å². The lowest BCUT2D eigenvalue weighted by atomic mass is 10.1. The highest BCUT2D eigenvalue weighted by Crippen LogP contribution is 2.26. The van der Waals surface area contributed by atoms with Crippen molar-refractivity contribution in [3.8, 4) is 11.3 Å². The van der Waals surface area contributed by atoms with Gasteiger partial charge in [-0.15, -0.1) is 0 Å². The predicted molar refractivity (Wildman–Crippen MR) is 88.7 cm³/mol. The second-order valence-corrected chi connectivity index (χ2v) is 5.08. The zero-order valence-corrected chi connectivity index (χ0v) is 12.3. The second kappa shape index (κ2) is 5.84. The van der Waals surface area contributed by atoms with Crippen molar-refractivity contribution in [1.82, 2.24) is 24.9 Å². The lowest BCUT2D eigenvalue weighted by Gasteiger charge is -2.06. The molecular weight excluding hydrogens is 288 g/mol. The minimum atomic E-state index is 0.595. The average Bonchev–Trinajstić information content (AvgIpc) is 3.05. The summed E-state index contributed by atoms with van der Waals surface area (Å²) in [7, 11) is 0. The van der Waals surface area contributed by atoms with Crippen molar-refractivity contribution in [2.24, 2.45) is 0 Å². The highest BCUT2D eigenvalue weighted by molar-refractivity contribution is 5.92. The first kappa shape index (κ1) is 13.4. The maximum absolute atomic E-state index is 4.59. The van der Waals surface area contributed by atoms with Gasteiger partial charge in [0, 0.05) is 48.5 Å². The van der Waals surface area contributed by atoms with Gasteiger partial charge in [-0.1, -0.05) is 0 Å². The van der Waals surface area contributed by atoms with E-state index in [1.807, 2.05) is 36.5 Å². The van der Waals surface area contributed by atoms with Crippen LogP contribution in [0.25, 0.3) is 22.3 Å². The van der Waals surface area contributed by atoms with Crippen molar-refractivity contribution in [3.63, 3.8) is 0 Å². The van der Waals surface area contributed by atoms with Crippen molar-refractivity contribution < 1.29 is 0 Å². The number of fused-ring (bicyclic) bond motifs is 1. The van der Waals surface area contributed by atoms with Gasteiger partial charge in [0.15, 0.2) is 0 Å². The van der Waals surface area contributed by atoms with Crippen molar-refractivity contribution in [2.45, 2.75) is 6.54 Å². The van der Waals surface area contributed by atoms with E-state index in [0.717, 1.165) is 27.9 Å². The molecule has 0 spiro atoms. The Morgan fingerprint density at radius 1 is 0.957 bits per heavy atom. The van der Waals surface area contributed by atoms with E-state index in [0.29, 0.717) is 12.5 Å². The molecule has 0 radical (unpaired) electrons. The lowest BCUT2D eigenvalue weighted by Crippen LogP contribution is -2.03. The molecule has 4 heterocycles. The molecule has 0 amide bonds. The first-order chi connectivity index (χ1) is 11.4. The second-order valence-electron chi connectivity index (χ2n) is 5.08. The third-order valence-electron chi connectivity index (χ3n) is 3.58. The molecule has 6 nitrogen and oxygen atoms in total. The molecule has 0 aliphatic rings. The quantitative estimate of drug-likeness (QED) is 0.606. The van der Waals surface area contributed by atoms with E-state index in [4.69, 9.17) is 0 Å². The van der Waals surface area contributed by atoms with Gasteiger partial charge in [-0.2, -0.15) is 0 Å². The summed E-state index contributed by atoms with van der Waals surface area (Å²) in [5.74, 6) is 0.595. The van der Waals surface area contributed by atoms with Crippen LogP contribution in [0.4, 0.5) is 5.95 Å². The first-order valence-electron chi connectivity index (χ1n) is 7.28. The summed E-state index contributed by atoms with van der Waals surface area (Å²) in [5, 5.41) is 4.28. The number of hydrogen-bond acceptors (Lipinski definition) is 5. The molecule has 2 N–H and O–H groups in total. The standard InChI is InChI=1S/C17H14N6/c1-2-13-14(11-21-16(13)19-6-1)15-5-9-20-17(23-15)22-10-12-3-7-18-8-4-12/h1-9,11H,10H2,(H,19,21)(H,20,22,23). The summed E-state index contributed by atoms with van der Waals surface area (Å²) in [5.41, 5.74) is 3.86. The van der Waals surface area contributed by atoms with E-state index in [2.05, 4.69) is 30.2 Å². The highest BCUT2D eigenvalue weighted by Gasteiger charge is 2.08. The van der Waals surface area contributed by atoms with Crippen molar-refractivity contribution >= 4 is 17.0 Å². The molecule has 4 aromatic rings. The number of aromatic amines is 1. The van der Waals surface area contributed by atoms with Gasteiger partial charge in [0.25, 0.3) is 0 Å². The third-order valence-corrected chi connectivity index (χ3v) is 3.58. The van der Waals surface area contributed by atoms with Crippen LogP contribution in [0, 0.1) is 0 Å². The number of nitrogens with one attached hydrogen (secondary N) is 2. The minimum Gasteiger partial charge on any atom is -0.350 e. The van der Waals surface area contributed by atoms with Crippen LogP contribution in [-0.4, -0.2) is 24.9 Å². The first-order valence-corrected chi connectivity index (χ1v) is 7.28. The SMILES string of the molecule is c1cnc2[nH]cc(-c3ccnc(NCc4ccncc4)n3)c2c1. The van der Waals surface area contributed by atoms with Gasteiger partial charge < -0.3 is 10.3 Å².